The van der Waals surface area contributed by atoms with Crippen molar-refractivity contribution in [2.75, 3.05) is 0 Å². The van der Waals surface area contributed by atoms with Crippen LogP contribution in [-0.2, 0) is 0 Å². The monoisotopic (exact) mass is 252 g/mol. The summed E-state index contributed by atoms with van der Waals surface area (Å²) < 4.78 is 6.02. The fraction of sp³-hybridized carbons (Fsp3) is 0.600. The van der Waals surface area contributed by atoms with Gasteiger partial charge in [0.05, 0.1) is 0 Å². The number of hydrogen-bond donors (Lipinski definition) is 0. The number of hydrogen-bond acceptors (Lipinski definition) is 1. The van der Waals surface area contributed by atoms with E-state index in [2.05, 4.69) is 39.8 Å². The molecule has 0 aromatic heterocycles. The smallest absolute Gasteiger partial charge is 0.123 e. The molecular weight excluding hydrogens is 232 g/mol. The number of ether oxygens (including phenoxy) is 1. The van der Waals surface area contributed by atoms with Gasteiger partial charge in [-0.3, -0.25) is 0 Å². The Morgan fingerprint density at radius 1 is 1.29 bits per heavy atom. The van der Waals surface area contributed by atoms with E-state index >= 15 is 0 Å². The molecule has 0 radical (unpaired) electrons. The molecule has 1 aliphatic heterocycles. The Morgan fingerprint density at radius 2 is 1.94 bits per heavy atom. The van der Waals surface area contributed by atoms with Gasteiger partial charge in [-0.1, -0.05) is 32.0 Å². The van der Waals surface area contributed by atoms with Crippen LogP contribution in [-0.4, -0.2) is 11.0 Å². The standard InChI is InChI=1S/C15H21ClO/c1-10(2)14(16)12-9-15(3,4)17-13-8-6-5-7-11(12)13/h5-8,10,12,14H,9H2,1-4H3. The van der Waals surface area contributed by atoms with E-state index in [9.17, 15) is 0 Å². The second-order valence-electron chi connectivity index (χ2n) is 5.90. The second-order valence-corrected chi connectivity index (χ2v) is 6.40. The Bertz CT molecular complexity index is 398. The average Bonchev–Trinajstić information content (AvgIpc) is 2.25. The van der Waals surface area contributed by atoms with Gasteiger partial charge in [0.15, 0.2) is 0 Å². The summed E-state index contributed by atoms with van der Waals surface area (Å²) in [6.45, 7) is 8.64. The van der Waals surface area contributed by atoms with Crippen LogP contribution < -0.4 is 4.74 Å². The largest absolute Gasteiger partial charge is 0.488 e. The van der Waals surface area contributed by atoms with Gasteiger partial charge in [0.1, 0.15) is 11.4 Å². The quantitative estimate of drug-likeness (QED) is 0.700. The number of benzene rings is 1. The van der Waals surface area contributed by atoms with Gasteiger partial charge in [-0.15, -0.1) is 11.6 Å². The highest BCUT2D eigenvalue weighted by atomic mass is 35.5. The van der Waals surface area contributed by atoms with Crippen LogP contribution >= 0.6 is 11.6 Å². The summed E-state index contributed by atoms with van der Waals surface area (Å²) in [6, 6.07) is 8.29. The Morgan fingerprint density at radius 3 is 2.59 bits per heavy atom. The lowest BCUT2D eigenvalue weighted by molar-refractivity contribution is 0.0691. The number of rotatable bonds is 2. The van der Waals surface area contributed by atoms with Gasteiger partial charge in [-0.2, -0.15) is 0 Å². The molecule has 1 heterocycles. The zero-order valence-electron chi connectivity index (χ0n) is 11.0. The third-order valence-electron chi connectivity index (χ3n) is 3.44. The summed E-state index contributed by atoms with van der Waals surface area (Å²) in [5, 5.41) is 0.166. The van der Waals surface area contributed by atoms with Crippen LogP contribution in [0.2, 0.25) is 0 Å². The van der Waals surface area contributed by atoms with Crippen molar-refractivity contribution in [3.8, 4) is 5.75 Å². The van der Waals surface area contributed by atoms with Crippen molar-refractivity contribution in [1.29, 1.82) is 0 Å². The predicted octanol–water partition coefficient (Wildman–Crippen LogP) is 4.59. The van der Waals surface area contributed by atoms with Crippen LogP contribution in [0.15, 0.2) is 24.3 Å². The van der Waals surface area contributed by atoms with E-state index in [1.165, 1.54) is 5.56 Å². The van der Waals surface area contributed by atoms with E-state index in [-0.39, 0.29) is 11.0 Å². The molecule has 0 saturated heterocycles. The highest BCUT2D eigenvalue weighted by molar-refractivity contribution is 6.21. The molecule has 2 unspecified atom stereocenters. The fourth-order valence-corrected chi connectivity index (χ4v) is 2.83. The first-order valence-electron chi connectivity index (χ1n) is 6.33. The van der Waals surface area contributed by atoms with Gasteiger partial charge >= 0.3 is 0 Å². The molecule has 0 saturated carbocycles. The van der Waals surface area contributed by atoms with Gasteiger partial charge in [0.2, 0.25) is 0 Å². The normalized spacial score (nSPS) is 24.0. The van der Waals surface area contributed by atoms with E-state index in [4.69, 9.17) is 16.3 Å². The maximum Gasteiger partial charge on any atom is 0.123 e. The lowest BCUT2D eigenvalue weighted by Gasteiger charge is -2.40. The molecule has 2 rings (SSSR count). The molecular formula is C15H21ClO. The minimum Gasteiger partial charge on any atom is -0.488 e. The van der Waals surface area contributed by atoms with E-state index < -0.39 is 0 Å². The Kier molecular flexibility index (Phi) is 3.40. The molecule has 17 heavy (non-hydrogen) atoms. The van der Waals surface area contributed by atoms with Gasteiger partial charge in [0.25, 0.3) is 0 Å². The average molecular weight is 253 g/mol. The SMILES string of the molecule is CC(C)C(Cl)C1CC(C)(C)Oc2ccccc21. The molecule has 94 valence electrons. The third kappa shape index (κ3) is 2.60. The maximum absolute atomic E-state index is 6.59. The zero-order chi connectivity index (χ0) is 12.6. The molecule has 0 aliphatic carbocycles. The summed E-state index contributed by atoms with van der Waals surface area (Å²) in [7, 11) is 0. The summed E-state index contributed by atoms with van der Waals surface area (Å²) in [5.41, 5.74) is 1.14. The van der Waals surface area contributed by atoms with Crippen molar-refractivity contribution in [2.45, 2.75) is 51.0 Å². The zero-order valence-corrected chi connectivity index (χ0v) is 11.8. The minimum absolute atomic E-state index is 0.124. The molecule has 2 atom stereocenters. The van der Waals surface area contributed by atoms with E-state index in [0.29, 0.717) is 11.8 Å². The topological polar surface area (TPSA) is 9.23 Å². The molecule has 0 fully saturated rings. The summed E-state index contributed by atoms with van der Waals surface area (Å²) >= 11 is 6.59. The Hall–Kier alpha value is -0.690. The van der Waals surface area contributed by atoms with Gasteiger partial charge in [-0.25, -0.2) is 0 Å². The summed E-state index contributed by atoms with van der Waals surface area (Å²) in [6.07, 6.45) is 0.982. The van der Waals surface area contributed by atoms with Crippen molar-refractivity contribution < 1.29 is 4.74 Å². The third-order valence-corrected chi connectivity index (χ3v) is 4.25. The molecule has 0 spiro atoms. The van der Waals surface area contributed by atoms with Crippen molar-refractivity contribution >= 4 is 11.6 Å². The first-order valence-corrected chi connectivity index (χ1v) is 6.76. The van der Waals surface area contributed by atoms with Gasteiger partial charge < -0.3 is 4.74 Å². The predicted molar refractivity (Wildman–Crippen MR) is 73.0 cm³/mol. The van der Waals surface area contributed by atoms with Crippen LogP contribution in [0.4, 0.5) is 0 Å². The van der Waals surface area contributed by atoms with Gasteiger partial charge in [-0.05, 0) is 37.8 Å². The van der Waals surface area contributed by atoms with Crippen LogP contribution in [0.5, 0.6) is 5.75 Å². The van der Waals surface area contributed by atoms with Crippen molar-refractivity contribution in [3.63, 3.8) is 0 Å². The lowest BCUT2D eigenvalue weighted by atomic mass is 9.79. The maximum atomic E-state index is 6.59. The van der Waals surface area contributed by atoms with Crippen molar-refractivity contribution in [2.24, 2.45) is 5.92 Å². The first kappa shape index (κ1) is 12.8. The molecule has 0 N–H and O–H groups in total. The molecule has 1 aliphatic rings. The molecule has 0 amide bonds. The highest BCUT2D eigenvalue weighted by Crippen LogP contribution is 2.45. The lowest BCUT2D eigenvalue weighted by Crippen LogP contribution is -2.38. The highest BCUT2D eigenvalue weighted by Gasteiger charge is 2.37. The Balaban J connectivity index is 2.39. The van der Waals surface area contributed by atoms with Gasteiger partial charge in [0, 0.05) is 11.3 Å². The van der Waals surface area contributed by atoms with E-state index in [1.807, 2.05) is 12.1 Å². The minimum atomic E-state index is -0.124. The van der Waals surface area contributed by atoms with Crippen LogP contribution in [0.1, 0.15) is 45.6 Å². The Labute approximate surface area is 109 Å². The second kappa shape index (κ2) is 4.53. The van der Waals surface area contributed by atoms with Crippen LogP contribution in [0.25, 0.3) is 0 Å². The van der Waals surface area contributed by atoms with Crippen molar-refractivity contribution in [1.82, 2.24) is 0 Å². The summed E-state index contributed by atoms with van der Waals surface area (Å²) in [5.74, 6) is 1.86. The number of halogens is 1. The fourth-order valence-electron chi connectivity index (χ4n) is 2.61. The number of fused-ring (bicyclic) bond motifs is 1. The van der Waals surface area contributed by atoms with Crippen LogP contribution in [0, 0.1) is 5.92 Å². The molecule has 1 aromatic rings. The molecule has 0 bridgehead atoms. The molecule has 1 nitrogen and oxygen atoms in total. The molecule has 1 aromatic carbocycles. The number of para-hydroxylation sites is 1. The van der Waals surface area contributed by atoms with E-state index in [0.717, 1.165) is 12.2 Å². The molecule has 2 heteroatoms. The van der Waals surface area contributed by atoms with Crippen LogP contribution in [0.3, 0.4) is 0 Å². The van der Waals surface area contributed by atoms with Crippen molar-refractivity contribution in [3.05, 3.63) is 29.8 Å². The number of alkyl halides is 1. The van der Waals surface area contributed by atoms with E-state index in [1.54, 1.807) is 0 Å². The first-order chi connectivity index (χ1) is 7.91. The summed E-state index contributed by atoms with van der Waals surface area (Å²) in [4.78, 5) is 0.